The average molecular weight is 458 g/mol. The van der Waals surface area contributed by atoms with Crippen LogP contribution in [-0.4, -0.2) is 26.2 Å². The second kappa shape index (κ2) is 8.09. The van der Waals surface area contributed by atoms with Crippen molar-refractivity contribution in [3.05, 3.63) is 47.7 Å². The van der Waals surface area contributed by atoms with Crippen molar-refractivity contribution in [2.24, 2.45) is 16.7 Å². The van der Waals surface area contributed by atoms with Gasteiger partial charge in [0.25, 0.3) is 0 Å². The minimum Gasteiger partial charge on any atom is -0.364 e. The van der Waals surface area contributed by atoms with Crippen molar-refractivity contribution in [1.29, 1.82) is 0 Å². The second-order valence-corrected chi connectivity index (χ2v) is 12.2. The number of aromatic nitrogens is 3. The Kier molecular flexibility index (Phi) is 5.56. The predicted molar refractivity (Wildman–Crippen MR) is 137 cm³/mol. The summed E-state index contributed by atoms with van der Waals surface area (Å²) >= 11 is 0. The molecule has 180 valence electrons. The highest BCUT2D eigenvalue weighted by Crippen LogP contribution is 2.66. The fourth-order valence-electron chi connectivity index (χ4n) is 7.57. The summed E-state index contributed by atoms with van der Waals surface area (Å²) in [5, 5.41) is 8.81. The molecule has 2 heterocycles. The van der Waals surface area contributed by atoms with E-state index in [0.717, 1.165) is 42.6 Å². The number of terminal acetylenes is 1. The van der Waals surface area contributed by atoms with Crippen LogP contribution in [0.1, 0.15) is 85.1 Å². The molecular formula is C30H39N3O. The van der Waals surface area contributed by atoms with Crippen LogP contribution in [0.4, 0.5) is 0 Å². The minimum atomic E-state index is -0.156. The molecule has 3 aliphatic rings. The Labute approximate surface area is 205 Å². The Hall–Kier alpha value is -2.38. The molecule has 0 bridgehead atoms. The summed E-state index contributed by atoms with van der Waals surface area (Å²) in [5.74, 6) is 3.37. The van der Waals surface area contributed by atoms with Gasteiger partial charge in [-0.05, 0) is 81.4 Å². The summed E-state index contributed by atoms with van der Waals surface area (Å²) in [7, 11) is 0. The van der Waals surface area contributed by atoms with Crippen LogP contribution in [-0.2, 0) is 11.3 Å². The van der Waals surface area contributed by atoms with Crippen LogP contribution in [0.5, 0.6) is 0 Å². The lowest BCUT2D eigenvalue weighted by Gasteiger charge is -2.61. The van der Waals surface area contributed by atoms with Crippen LogP contribution in [0.25, 0.3) is 11.3 Å². The van der Waals surface area contributed by atoms with Gasteiger partial charge < -0.3 is 4.74 Å². The van der Waals surface area contributed by atoms with Gasteiger partial charge in [-0.1, -0.05) is 56.5 Å². The Morgan fingerprint density at radius 2 is 1.97 bits per heavy atom. The third-order valence-electron chi connectivity index (χ3n) is 9.61. The number of benzene rings is 1. The van der Waals surface area contributed by atoms with Crippen LogP contribution >= 0.6 is 0 Å². The molecule has 2 aromatic rings. The lowest BCUT2D eigenvalue weighted by Crippen LogP contribution is -2.59. The van der Waals surface area contributed by atoms with Gasteiger partial charge in [-0.25, -0.2) is 0 Å². The molecule has 2 fully saturated rings. The molecule has 1 spiro atoms. The molecule has 0 radical (unpaired) electrons. The lowest BCUT2D eigenvalue weighted by molar-refractivity contribution is -0.190. The van der Waals surface area contributed by atoms with E-state index in [-0.39, 0.29) is 16.6 Å². The first kappa shape index (κ1) is 23.4. The number of hydrogen-bond acceptors (Lipinski definition) is 3. The molecular weight excluding hydrogens is 418 g/mol. The number of ether oxygens (including phenoxy) is 1. The van der Waals surface area contributed by atoms with E-state index in [9.17, 15) is 0 Å². The summed E-state index contributed by atoms with van der Waals surface area (Å²) in [6.07, 6.45) is 18.3. The Morgan fingerprint density at radius 1 is 1.15 bits per heavy atom. The average Bonchev–Trinajstić information content (AvgIpc) is 3.42. The molecule has 0 unspecified atom stereocenters. The molecule has 0 N–H and O–H groups in total. The van der Waals surface area contributed by atoms with Crippen LogP contribution in [0.3, 0.4) is 0 Å². The van der Waals surface area contributed by atoms with E-state index in [1.165, 1.54) is 31.3 Å². The zero-order valence-electron chi connectivity index (χ0n) is 21.5. The molecule has 1 saturated carbocycles. The highest BCUT2D eigenvalue weighted by Gasteiger charge is 2.64. The van der Waals surface area contributed by atoms with Crippen LogP contribution in [0.15, 0.2) is 42.1 Å². The van der Waals surface area contributed by atoms with Gasteiger partial charge in [0.15, 0.2) is 0 Å². The first-order valence-electron chi connectivity index (χ1n) is 13.0. The van der Waals surface area contributed by atoms with Crippen molar-refractivity contribution in [1.82, 2.24) is 15.0 Å². The molecule has 2 aliphatic carbocycles. The minimum absolute atomic E-state index is 0.133. The maximum atomic E-state index is 7.25. The first-order valence-corrected chi connectivity index (χ1v) is 13.0. The molecule has 34 heavy (non-hydrogen) atoms. The number of allylic oxidation sites excluding steroid dienone is 1. The quantitative estimate of drug-likeness (QED) is 0.374. The van der Waals surface area contributed by atoms with Gasteiger partial charge in [-0.2, -0.15) is 0 Å². The second-order valence-electron chi connectivity index (χ2n) is 12.2. The van der Waals surface area contributed by atoms with Crippen molar-refractivity contribution < 1.29 is 4.74 Å². The number of rotatable bonds is 4. The largest absolute Gasteiger partial charge is 0.364 e. The van der Waals surface area contributed by atoms with E-state index in [1.807, 2.05) is 35.1 Å². The van der Waals surface area contributed by atoms with Crippen LogP contribution < -0.4 is 0 Å². The topological polar surface area (TPSA) is 39.9 Å². The molecule has 4 heteroatoms. The Balaban J connectivity index is 1.33. The standard InChI is InChI=1S/C30H39N3O/c1-7-23-10-8-11-24(20-23)25-21-33(32-31-25)19-18-28(5)16-17-30(34-28)22(2)12-13-26-27(3,4)14-9-15-29(26,30)6/h1,8,10-12,20-21,26H,9,13-19H2,2-6H3/t26-,28-,29-,30+/m0/s1. The molecule has 0 amide bonds. The smallest absolute Gasteiger partial charge is 0.113 e. The summed E-state index contributed by atoms with van der Waals surface area (Å²) < 4.78 is 9.20. The maximum absolute atomic E-state index is 7.25. The van der Waals surface area contributed by atoms with Gasteiger partial charge in [0.05, 0.1) is 17.4 Å². The lowest BCUT2D eigenvalue weighted by atomic mass is 9.46. The number of aryl methyl sites for hydroxylation is 1. The van der Waals surface area contributed by atoms with E-state index in [2.05, 4.69) is 56.9 Å². The van der Waals surface area contributed by atoms with Crippen molar-refractivity contribution in [2.45, 2.75) is 97.3 Å². The predicted octanol–water partition coefficient (Wildman–Crippen LogP) is 6.81. The number of fused-ring (bicyclic) bond motifs is 2. The van der Waals surface area contributed by atoms with Gasteiger partial charge in [-0.15, -0.1) is 11.5 Å². The molecule has 4 nitrogen and oxygen atoms in total. The fraction of sp³-hybridized carbons (Fsp3) is 0.600. The normalized spacial score (nSPS) is 34.5. The Morgan fingerprint density at radius 3 is 2.76 bits per heavy atom. The zero-order chi connectivity index (χ0) is 24.2. The third kappa shape index (κ3) is 3.64. The van der Waals surface area contributed by atoms with E-state index in [0.29, 0.717) is 11.3 Å². The van der Waals surface area contributed by atoms with E-state index >= 15 is 0 Å². The van der Waals surface area contributed by atoms with Crippen LogP contribution in [0, 0.1) is 29.1 Å². The van der Waals surface area contributed by atoms with Crippen molar-refractivity contribution in [3.8, 4) is 23.6 Å². The van der Waals surface area contributed by atoms with Crippen molar-refractivity contribution >= 4 is 0 Å². The summed E-state index contributed by atoms with van der Waals surface area (Å²) in [6.45, 7) is 12.9. The van der Waals surface area contributed by atoms with Gasteiger partial charge in [0, 0.05) is 23.1 Å². The molecule has 1 saturated heterocycles. The van der Waals surface area contributed by atoms with Gasteiger partial charge in [-0.3, -0.25) is 4.68 Å². The highest BCUT2D eigenvalue weighted by atomic mass is 16.5. The molecule has 1 aliphatic heterocycles. The fourth-order valence-corrected chi connectivity index (χ4v) is 7.57. The van der Waals surface area contributed by atoms with Crippen molar-refractivity contribution in [2.75, 3.05) is 0 Å². The highest BCUT2D eigenvalue weighted by molar-refractivity contribution is 5.60. The number of hydrogen-bond donors (Lipinski definition) is 0. The Bertz CT molecular complexity index is 1150. The summed E-state index contributed by atoms with van der Waals surface area (Å²) in [5.41, 5.74) is 4.47. The van der Waals surface area contributed by atoms with Gasteiger partial charge in [0.1, 0.15) is 5.69 Å². The SMILES string of the molecule is C#Cc1cccc(-c2cn(CC[C@]3(C)CC[C@@]4(O3)C(C)=CC[C@H]3C(C)(C)CCC[C@@]34C)nn2)c1. The van der Waals surface area contributed by atoms with Gasteiger partial charge >= 0.3 is 0 Å². The van der Waals surface area contributed by atoms with E-state index in [1.54, 1.807) is 0 Å². The molecule has 1 aromatic heterocycles. The van der Waals surface area contributed by atoms with E-state index in [4.69, 9.17) is 11.2 Å². The first-order chi connectivity index (χ1) is 16.1. The summed E-state index contributed by atoms with van der Waals surface area (Å²) in [6, 6.07) is 7.92. The van der Waals surface area contributed by atoms with E-state index < -0.39 is 0 Å². The molecule has 5 rings (SSSR count). The summed E-state index contributed by atoms with van der Waals surface area (Å²) in [4.78, 5) is 0. The zero-order valence-corrected chi connectivity index (χ0v) is 21.5. The van der Waals surface area contributed by atoms with Gasteiger partial charge in [0.2, 0.25) is 0 Å². The number of nitrogens with zero attached hydrogens (tertiary/aromatic N) is 3. The van der Waals surface area contributed by atoms with Crippen LogP contribution in [0.2, 0.25) is 0 Å². The molecule has 4 atom stereocenters. The molecule has 1 aromatic carbocycles. The monoisotopic (exact) mass is 457 g/mol. The van der Waals surface area contributed by atoms with Crippen molar-refractivity contribution in [3.63, 3.8) is 0 Å². The maximum Gasteiger partial charge on any atom is 0.113 e. The third-order valence-corrected chi connectivity index (χ3v) is 9.61.